The van der Waals surface area contributed by atoms with Gasteiger partial charge in [0.1, 0.15) is 5.75 Å². The molecule has 1 atom stereocenters. The Morgan fingerprint density at radius 1 is 0.971 bits per heavy atom. The Morgan fingerprint density at radius 2 is 1.65 bits per heavy atom. The summed E-state index contributed by atoms with van der Waals surface area (Å²) in [6, 6.07) is 22.9. The normalized spacial score (nSPS) is 15.4. The number of nitrogens with zero attached hydrogens (tertiary/aromatic N) is 1. The molecule has 0 saturated heterocycles. The van der Waals surface area contributed by atoms with Crippen molar-refractivity contribution in [1.29, 1.82) is 0 Å². The van der Waals surface area contributed by atoms with Crippen LogP contribution in [0.2, 0.25) is 0 Å². The maximum Gasteiger partial charge on any atom is 0.265 e. The fourth-order valence-corrected chi connectivity index (χ4v) is 4.68. The number of hydrogen-bond acceptors (Lipinski definition) is 5. The summed E-state index contributed by atoms with van der Waals surface area (Å²) in [5.74, 6) is -0.483. The number of sulfonamides is 1. The summed E-state index contributed by atoms with van der Waals surface area (Å²) in [6.45, 7) is 0.443. The Balaban J connectivity index is 1.50. The standard InChI is InChI=1S/C25H25N3O5S/c1-34(31,32)28-16-15-23(33-22-14-8-7-13-21(22)28)25(30)27-20-12-6-5-11-19(20)24(29)26-17-18-9-3-2-4-10-18/h2-14,23H,15-17H2,1H3,(H,26,29)(H,27,30)/t23-/m0/s1. The highest BCUT2D eigenvalue weighted by atomic mass is 32.2. The second kappa shape index (κ2) is 9.96. The highest BCUT2D eigenvalue weighted by Crippen LogP contribution is 2.34. The molecule has 0 fully saturated rings. The molecule has 0 saturated carbocycles. The highest BCUT2D eigenvalue weighted by molar-refractivity contribution is 7.92. The van der Waals surface area contributed by atoms with Gasteiger partial charge in [0, 0.05) is 19.5 Å². The molecule has 1 aliphatic heterocycles. The lowest BCUT2D eigenvalue weighted by atomic mass is 10.1. The molecule has 0 aliphatic carbocycles. The van der Waals surface area contributed by atoms with Crippen LogP contribution >= 0.6 is 0 Å². The van der Waals surface area contributed by atoms with Crippen LogP contribution in [0.5, 0.6) is 5.75 Å². The number of rotatable bonds is 6. The summed E-state index contributed by atoms with van der Waals surface area (Å²) < 4.78 is 31.7. The second-order valence-corrected chi connectivity index (χ2v) is 9.81. The molecule has 3 aromatic rings. The van der Waals surface area contributed by atoms with Crippen LogP contribution in [-0.2, 0) is 21.4 Å². The van der Waals surface area contributed by atoms with Gasteiger partial charge in [-0.1, -0.05) is 54.6 Å². The van der Waals surface area contributed by atoms with E-state index in [2.05, 4.69) is 10.6 Å². The Labute approximate surface area is 198 Å². The average Bonchev–Trinajstić information content (AvgIpc) is 3.03. The fourth-order valence-electron chi connectivity index (χ4n) is 3.74. The SMILES string of the molecule is CS(=O)(=O)N1CC[C@@H](C(=O)Nc2ccccc2C(=O)NCc2ccccc2)Oc2ccccc21. The van der Waals surface area contributed by atoms with Gasteiger partial charge < -0.3 is 15.4 Å². The predicted octanol–water partition coefficient (Wildman–Crippen LogP) is 3.17. The molecule has 8 nitrogen and oxygen atoms in total. The van der Waals surface area contributed by atoms with Gasteiger partial charge in [0.15, 0.2) is 6.10 Å². The minimum absolute atomic E-state index is 0.0904. The lowest BCUT2D eigenvalue weighted by Gasteiger charge is -2.20. The molecule has 2 N–H and O–H groups in total. The average molecular weight is 480 g/mol. The van der Waals surface area contributed by atoms with Crippen LogP contribution in [-0.4, -0.2) is 39.1 Å². The number of hydrogen-bond donors (Lipinski definition) is 2. The summed E-state index contributed by atoms with van der Waals surface area (Å²) in [6.07, 6.45) is 0.332. The summed E-state index contributed by atoms with van der Waals surface area (Å²) in [7, 11) is -3.55. The fraction of sp³-hybridized carbons (Fsp3) is 0.200. The van der Waals surface area contributed by atoms with Crippen molar-refractivity contribution in [1.82, 2.24) is 5.32 Å². The molecule has 1 heterocycles. The Hall–Kier alpha value is -3.85. The topological polar surface area (TPSA) is 105 Å². The summed E-state index contributed by atoms with van der Waals surface area (Å²) >= 11 is 0. The number of carbonyl (C=O) groups excluding carboxylic acids is 2. The Bertz CT molecular complexity index is 1290. The minimum Gasteiger partial charge on any atom is -0.478 e. The van der Waals surface area contributed by atoms with Crippen LogP contribution < -0.4 is 19.7 Å². The monoisotopic (exact) mass is 479 g/mol. The molecule has 34 heavy (non-hydrogen) atoms. The summed E-state index contributed by atoms with van der Waals surface area (Å²) in [5.41, 5.74) is 2.01. The van der Waals surface area contributed by atoms with Gasteiger partial charge >= 0.3 is 0 Å². The van der Waals surface area contributed by atoms with Gasteiger partial charge in [-0.15, -0.1) is 0 Å². The number of carbonyl (C=O) groups is 2. The molecular weight excluding hydrogens is 454 g/mol. The van der Waals surface area contributed by atoms with Gasteiger partial charge in [-0.25, -0.2) is 8.42 Å². The third-order valence-electron chi connectivity index (χ3n) is 5.42. The zero-order chi connectivity index (χ0) is 24.1. The van der Waals surface area contributed by atoms with Gasteiger partial charge in [0.05, 0.1) is 23.2 Å². The first-order chi connectivity index (χ1) is 16.3. The third kappa shape index (κ3) is 5.37. The van der Waals surface area contributed by atoms with Crippen LogP contribution in [0.4, 0.5) is 11.4 Å². The molecule has 176 valence electrons. The number of fused-ring (bicyclic) bond motifs is 1. The van der Waals surface area contributed by atoms with Crippen molar-refractivity contribution in [2.75, 3.05) is 22.4 Å². The largest absolute Gasteiger partial charge is 0.478 e. The summed E-state index contributed by atoms with van der Waals surface area (Å²) in [5, 5.41) is 5.64. The molecule has 2 amide bonds. The van der Waals surface area contributed by atoms with E-state index in [1.165, 1.54) is 4.31 Å². The van der Waals surface area contributed by atoms with E-state index in [4.69, 9.17) is 4.74 Å². The van der Waals surface area contributed by atoms with E-state index in [-0.39, 0.29) is 18.9 Å². The van der Waals surface area contributed by atoms with Crippen LogP contribution in [0.3, 0.4) is 0 Å². The smallest absolute Gasteiger partial charge is 0.265 e. The first-order valence-electron chi connectivity index (χ1n) is 10.8. The summed E-state index contributed by atoms with van der Waals surface area (Å²) in [4.78, 5) is 25.9. The lowest BCUT2D eigenvalue weighted by molar-refractivity contribution is -0.122. The van der Waals surface area contributed by atoms with E-state index >= 15 is 0 Å². The molecule has 3 aromatic carbocycles. The highest BCUT2D eigenvalue weighted by Gasteiger charge is 2.31. The number of ether oxygens (including phenoxy) is 1. The first-order valence-corrected chi connectivity index (χ1v) is 12.6. The second-order valence-electron chi connectivity index (χ2n) is 7.90. The van der Waals surface area contributed by atoms with Crippen molar-refractivity contribution in [2.45, 2.75) is 19.1 Å². The Kier molecular flexibility index (Phi) is 6.83. The van der Waals surface area contributed by atoms with Crippen molar-refractivity contribution in [3.8, 4) is 5.75 Å². The van der Waals surface area contributed by atoms with Crippen molar-refractivity contribution in [3.05, 3.63) is 90.0 Å². The Morgan fingerprint density at radius 3 is 2.41 bits per heavy atom. The van der Waals surface area contributed by atoms with E-state index < -0.39 is 22.0 Å². The molecule has 0 aromatic heterocycles. The number of anilines is 2. The quantitative estimate of drug-likeness (QED) is 0.565. The predicted molar refractivity (Wildman–Crippen MR) is 130 cm³/mol. The molecule has 0 spiro atoms. The van der Waals surface area contributed by atoms with E-state index in [1.807, 2.05) is 30.3 Å². The number of nitrogens with one attached hydrogen (secondary N) is 2. The van der Waals surface area contributed by atoms with Gasteiger partial charge in [0.25, 0.3) is 11.8 Å². The maximum atomic E-state index is 13.1. The van der Waals surface area contributed by atoms with Crippen molar-refractivity contribution < 1.29 is 22.7 Å². The van der Waals surface area contributed by atoms with E-state index in [0.717, 1.165) is 11.8 Å². The molecule has 0 bridgehead atoms. The zero-order valence-corrected chi connectivity index (χ0v) is 19.4. The molecule has 1 aliphatic rings. The van der Waals surface area contributed by atoms with E-state index in [0.29, 0.717) is 29.2 Å². The zero-order valence-electron chi connectivity index (χ0n) is 18.6. The first kappa shape index (κ1) is 23.3. The van der Waals surface area contributed by atoms with Gasteiger partial charge in [-0.05, 0) is 29.8 Å². The number of para-hydroxylation sites is 3. The van der Waals surface area contributed by atoms with Crippen LogP contribution in [0.1, 0.15) is 22.3 Å². The van der Waals surface area contributed by atoms with Gasteiger partial charge in [-0.3, -0.25) is 13.9 Å². The molecule has 0 radical (unpaired) electrons. The maximum absolute atomic E-state index is 13.1. The lowest BCUT2D eigenvalue weighted by Crippen LogP contribution is -2.36. The number of amides is 2. The van der Waals surface area contributed by atoms with Crippen LogP contribution in [0.15, 0.2) is 78.9 Å². The van der Waals surface area contributed by atoms with Crippen LogP contribution in [0.25, 0.3) is 0 Å². The van der Waals surface area contributed by atoms with Crippen LogP contribution in [0, 0.1) is 0 Å². The van der Waals surface area contributed by atoms with Crippen molar-refractivity contribution in [3.63, 3.8) is 0 Å². The number of benzene rings is 3. The van der Waals surface area contributed by atoms with Gasteiger partial charge in [0.2, 0.25) is 10.0 Å². The molecule has 4 rings (SSSR count). The molecule has 0 unspecified atom stereocenters. The van der Waals surface area contributed by atoms with Gasteiger partial charge in [-0.2, -0.15) is 0 Å². The molecular formula is C25H25N3O5S. The van der Waals surface area contributed by atoms with Crippen molar-refractivity contribution in [2.24, 2.45) is 0 Å². The minimum atomic E-state index is -3.55. The van der Waals surface area contributed by atoms with E-state index in [1.54, 1.807) is 48.5 Å². The third-order valence-corrected chi connectivity index (χ3v) is 6.60. The molecule has 9 heteroatoms. The van der Waals surface area contributed by atoms with E-state index in [9.17, 15) is 18.0 Å². The van der Waals surface area contributed by atoms with Crippen molar-refractivity contribution >= 4 is 33.2 Å².